The lowest BCUT2D eigenvalue weighted by atomic mass is 9.68. The average molecular weight is 295 g/mol. The van der Waals surface area contributed by atoms with E-state index in [0.29, 0.717) is 12.3 Å². The average Bonchev–Trinajstić information content (AvgIpc) is 3.06. The molecule has 1 aromatic carbocycles. The minimum atomic E-state index is -4.44. The van der Waals surface area contributed by atoms with Crippen LogP contribution < -0.4 is 0 Å². The Bertz CT molecular complexity index is 592. The van der Waals surface area contributed by atoms with E-state index in [1.165, 1.54) is 12.1 Å². The molecule has 0 saturated heterocycles. The number of nitrogens with zero attached hydrogens (tertiary/aromatic N) is 1. The topological polar surface area (TPSA) is 44.0 Å². The van der Waals surface area contributed by atoms with E-state index >= 15 is 0 Å². The van der Waals surface area contributed by atoms with Gasteiger partial charge in [-0.2, -0.15) is 18.4 Å². The fraction of sp³-hybridized carbons (Fsp3) is 0.562. The van der Waals surface area contributed by atoms with Crippen LogP contribution >= 0.6 is 0 Å². The van der Waals surface area contributed by atoms with E-state index in [9.17, 15) is 23.5 Å². The summed E-state index contributed by atoms with van der Waals surface area (Å²) in [5, 5.41) is 20.2. The molecule has 2 bridgehead atoms. The molecule has 2 nitrogen and oxygen atoms in total. The van der Waals surface area contributed by atoms with Gasteiger partial charge in [0, 0.05) is 0 Å². The molecule has 5 heteroatoms. The van der Waals surface area contributed by atoms with Crippen LogP contribution in [-0.4, -0.2) is 5.11 Å². The van der Waals surface area contributed by atoms with E-state index < -0.39 is 23.3 Å². The molecule has 0 amide bonds. The van der Waals surface area contributed by atoms with Crippen LogP contribution in [0.5, 0.6) is 0 Å². The summed E-state index contributed by atoms with van der Waals surface area (Å²) in [6.45, 7) is 0. The number of alkyl halides is 3. The van der Waals surface area contributed by atoms with E-state index in [1.807, 2.05) is 0 Å². The first-order chi connectivity index (χ1) is 9.87. The number of hydrogen-bond donors (Lipinski definition) is 1. The van der Waals surface area contributed by atoms with Crippen LogP contribution in [0.15, 0.2) is 24.3 Å². The summed E-state index contributed by atoms with van der Waals surface area (Å²) in [4.78, 5) is 0. The maximum Gasteiger partial charge on any atom is 0.416 e. The van der Waals surface area contributed by atoms with E-state index in [2.05, 4.69) is 6.07 Å². The smallest absolute Gasteiger partial charge is 0.387 e. The summed E-state index contributed by atoms with van der Waals surface area (Å²) in [7, 11) is 0. The Morgan fingerprint density at radius 1 is 1.33 bits per heavy atom. The molecule has 0 heterocycles. The van der Waals surface area contributed by atoms with Crippen molar-refractivity contribution in [2.24, 2.45) is 17.3 Å². The highest BCUT2D eigenvalue weighted by Crippen LogP contribution is 2.60. The summed E-state index contributed by atoms with van der Waals surface area (Å²) in [6.07, 6.45) is -2.16. The number of aliphatic hydroxyl groups excluding tert-OH is 1. The van der Waals surface area contributed by atoms with E-state index in [4.69, 9.17) is 0 Å². The van der Waals surface area contributed by atoms with Gasteiger partial charge in [-0.1, -0.05) is 18.6 Å². The van der Waals surface area contributed by atoms with Gasteiger partial charge < -0.3 is 5.11 Å². The second-order valence-electron chi connectivity index (χ2n) is 6.26. The Morgan fingerprint density at radius 3 is 2.62 bits per heavy atom. The van der Waals surface area contributed by atoms with Crippen molar-refractivity contribution in [1.82, 2.24) is 0 Å². The van der Waals surface area contributed by atoms with Gasteiger partial charge in [0.05, 0.1) is 23.2 Å². The fourth-order valence-electron chi connectivity index (χ4n) is 4.09. The standard InChI is InChI=1S/C16H16F3NO/c17-16(18,19)13-3-1-2-11(7-13)14(21)15(9-20)8-10-4-5-12(15)6-10/h1-3,7,10,12,14,21H,4-6,8H2. The fourth-order valence-corrected chi connectivity index (χ4v) is 4.09. The molecule has 1 N–H and O–H groups in total. The zero-order valence-corrected chi connectivity index (χ0v) is 11.4. The predicted molar refractivity (Wildman–Crippen MR) is 69.9 cm³/mol. The van der Waals surface area contributed by atoms with E-state index in [1.54, 1.807) is 0 Å². The highest BCUT2D eigenvalue weighted by atomic mass is 19.4. The quantitative estimate of drug-likeness (QED) is 0.894. The lowest BCUT2D eigenvalue weighted by Gasteiger charge is -2.35. The predicted octanol–water partition coefficient (Wildman–Crippen LogP) is 4.07. The molecule has 112 valence electrons. The van der Waals surface area contributed by atoms with Crippen LogP contribution in [0, 0.1) is 28.6 Å². The highest BCUT2D eigenvalue weighted by molar-refractivity contribution is 5.31. The number of rotatable bonds is 2. The molecule has 0 aromatic heterocycles. The molecule has 0 radical (unpaired) electrons. The minimum absolute atomic E-state index is 0.0945. The monoisotopic (exact) mass is 295 g/mol. The molecule has 3 rings (SSSR count). The third-order valence-electron chi connectivity index (χ3n) is 5.12. The Balaban J connectivity index is 1.95. The van der Waals surface area contributed by atoms with Crippen LogP contribution in [0.25, 0.3) is 0 Å². The maximum atomic E-state index is 12.8. The molecule has 2 aliphatic carbocycles. The van der Waals surface area contributed by atoms with Crippen LogP contribution in [0.1, 0.15) is 42.9 Å². The van der Waals surface area contributed by atoms with Crippen LogP contribution in [-0.2, 0) is 6.18 Å². The van der Waals surface area contributed by atoms with Crippen molar-refractivity contribution in [3.05, 3.63) is 35.4 Å². The molecule has 0 aliphatic heterocycles. The van der Waals surface area contributed by atoms with Crippen molar-refractivity contribution in [3.63, 3.8) is 0 Å². The minimum Gasteiger partial charge on any atom is -0.387 e. The van der Waals surface area contributed by atoms with Crippen molar-refractivity contribution < 1.29 is 18.3 Å². The zero-order valence-electron chi connectivity index (χ0n) is 11.4. The second-order valence-corrected chi connectivity index (χ2v) is 6.26. The van der Waals surface area contributed by atoms with Gasteiger partial charge in [0.15, 0.2) is 0 Å². The van der Waals surface area contributed by atoms with Crippen molar-refractivity contribution in [3.8, 4) is 6.07 Å². The third-order valence-corrected chi connectivity index (χ3v) is 5.12. The SMILES string of the molecule is N#CC1(C(O)c2cccc(C(F)(F)F)c2)CC2CCC1C2. The van der Waals surface area contributed by atoms with E-state index in [0.717, 1.165) is 31.4 Å². The Kier molecular flexibility index (Phi) is 3.25. The number of hydrogen-bond acceptors (Lipinski definition) is 2. The van der Waals surface area contributed by atoms with E-state index in [-0.39, 0.29) is 11.5 Å². The number of fused-ring (bicyclic) bond motifs is 2. The summed E-state index contributed by atoms with van der Waals surface area (Å²) in [5.74, 6) is 0.521. The molecule has 2 aliphatic rings. The highest BCUT2D eigenvalue weighted by Gasteiger charge is 2.55. The number of aliphatic hydroxyl groups is 1. The largest absolute Gasteiger partial charge is 0.416 e. The number of benzene rings is 1. The Labute approximate surface area is 121 Å². The van der Waals surface area contributed by atoms with Crippen molar-refractivity contribution in [2.45, 2.75) is 38.0 Å². The van der Waals surface area contributed by atoms with Gasteiger partial charge in [0.1, 0.15) is 0 Å². The maximum absolute atomic E-state index is 12.8. The number of nitriles is 1. The van der Waals surface area contributed by atoms with Crippen LogP contribution in [0.4, 0.5) is 13.2 Å². The molecule has 2 saturated carbocycles. The molecular formula is C16H16F3NO. The first kappa shape index (κ1) is 14.4. The first-order valence-corrected chi connectivity index (χ1v) is 7.13. The van der Waals surface area contributed by atoms with Crippen molar-refractivity contribution in [1.29, 1.82) is 5.26 Å². The molecule has 0 spiro atoms. The second kappa shape index (κ2) is 4.74. The van der Waals surface area contributed by atoms with Gasteiger partial charge in [0.25, 0.3) is 0 Å². The van der Waals surface area contributed by atoms with Crippen molar-refractivity contribution >= 4 is 0 Å². The van der Waals surface area contributed by atoms with Gasteiger partial charge in [-0.25, -0.2) is 0 Å². The van der Waals surface area contributed by atoms with Gasteiger partial charge >= 0.3 is 6.18 Å². The summed E-state index contributed by atoms with van der Waals surface area (Å²) in [6, 6.07) is 6.95. The van der Waals surface area contributed by atoms with Gasteiger partial charge in [-0.3, -0.25) is 0 Å². The van der Waals surface area contributed by atoms with Crippen LogP contribution in [0.2, 0.25) is 0 Å². The Morgan fingerprint density at radius 2 is 2.10 bits per heavy atom. The molecule has 21 heavy (non-hydrogen) atoms. The zero-order chi connectivity index (χ0) is 15.3. The molecule has 4 unspecified atom stereocenters. The van der Waals surface area contributed by atoms with Crippen molar-refractivity contribution in [2.75, 3.05) is 0 Å². The lowest BCUT2D eigenvalue weighted by Crippen LogP contribution is -2.33. The Hall–Kier alpha value is -1.54. The lowest BCUT2D eigenvalue weighted by molar-refractivity contribution is -0.137. The normalized spacial score (nSPS) is 32.9. The molecule has 1 aromatic rings. The van der Waals surface area contributed by atoms with Gasteiger partial charge in [0.2, 0.25) is 0 Å². The first-order valence-electron chi connectivity index (χ1n) is 7.13. The van der Waals surface area contributed by atoms with Crippen LogP contribution in [0.3, 0.4) is 0 Å². The summed E-state index contributed by atoms with van der Waals surface area (Å²) < 4.78 is 38.4. The third kappa shape index (κ3) is 2.22. The summed E-state index contributed by atoms with van der Waals surface area (Å²) in [5.41, 5.74) is -1.51. The number of halogens is 3. The molecular weight excluding hydrogens is 279 g/mol. The molecule has 4 atom stereocenters. The van der Waals surface area contributed by atoms with Gasteiger partial charge in [-0.15, -0.1) is 0 Å². The summed E-state index contributed by atoms with van der Waals surface area (Å²) >= 11 is 0. The van der Waals surface area contributed by atoms with Gasteiger partial charge in [-0.05, 0) is 48.8 Å². The molecule has 2 fully saturated rings.